The second-order valence-electron chi connectivity index (χ2n) is 11.6. The van der Waals surface area contributed by atoms with Crippen molar-refractivity contribution in [3.63, 3.8) is 0 Å². The van der Waals surface area contributed by atoms with Crippen molar-refractivity contribution < 1.29 is 19.0 Å². The number of anilines is 1. The first-order chi connectivity index (χ1) is 23.1. The van der Waals surface area contributed by atoms with Crippen molar-refractivity contribution in [2.24, 2.45) is 5.10 Å². The average molecular weight is 712 g/mol. The van der Waals surface area contributed by atoms with Crippen LogP contribution in [0.1, 0.15) is 55.9 Å². The van der Waals surface area contributed by atoms with E-state index in [4.69, 9.17) is 24.3 Å². The Morgan fingerprint density at radius 1 is 0.938 bits per heavy atom. The van der Waals surface area contributed by atoms with Crippen molar-refractivity contribution in [2.75, 3.05) is 25.1 Å². The number of rotatable bonds is 12. The van der Waals surface area contributed by atoms with Crippen LogP contribution >= 0.6 is 15.9 Å². The minimum atomic E-state index is -0.302. The lowest BCUT2D eigenvalue weighted by Crippen LogP contribution is -2.21. The fourth-order valence-corrected chi connectivity index (χ4v) is 5.63. The fraction of sp³-hybridized carbons (Fsp3) is 0.263. The fourth-order valence-electron chi connectivity index (χ4n) is 5.20. The van der Waals surface area contributed by atoms with Crippen molar-refractivity contribution in [3.05, 3.63) is 110 Å². The smallest absolute Gasteiger partial charge is 0.282 e. The molecule has 0 unspecified atom stereocenters. The van der Waals surface area contributed by atoms with Crippen LogP contribution in [0.3, 0.4) is 0 Å². The normalized spacial score (nSPS) is 11.3. The molecule has 248 valence electrons. The maximum Gasteiger partial charge on any atom is 0.282 e. The molecule has 48 heavy (non-hydrogen) atoms. The Balaban J connectivity index is 1.52. The van der Waals surface area contributed by atoms with E-state index in [2.05, 4.69) is 35.1 Å². The van der Waals surface area contributed by atoms with E-state index < -0.39 is 0 Å². The molecule has 0 radical (unpaired) electrons. The van der Waals surface area contributed by atoms with E-state index in [0.29, 0.717) is 57.2 Å². The second kappa shape index (κ2) is 15.3. The Morgan fingerprint density at radius 3 is 2.33 bits per heavy atom. The van der Waals surface area contributed by atoms with E-state index in [-0.39, 0.29) is 24.0 Å². The number of nitrogens with zero attached hydrogens (tertiary/aromatic N) is 3. The molecule has 4 aromatic carbocycles. The number of nitrogens with one attached hydrogen (secondary N) is 1. The van der Waals surface area contributed by atoms with E-state index in [9.17, 15) is 9.59 Å². The van der Waals surface area contributed by atoms with Gasteiger partial charge in [-0.1, -0.05) is 43.7 Å². The molecule has 5 rings (SSSR count). The van der Waals surface area contributed by atoms with Crippen LogP contribution in [-0.2, 0) is 4.79 Å². The zero-order valence-electron chi connectivity index (χ0n) is 28.0. The van der Waals surface area contributed by atoms with Gasteiger partial charge in [-0.3, -0.25) is 9.59 Å². The summed E-state index contributed by atoms with van der Waals surface area (Å²) >= 11 is 3.61. The van der Waals surface area contributed by atoms with Gasteiger partial charge in [-0.2, -0.15) is 9.78 Å². The molecule has 1 N–H and O–H groups in total. The number of hydrogen-bond acceptors (Lipinski definition) is 7. The van der Waals surface area contributed by atoms with E-state index in [1.54, 1.807) is 24.4 Å². The third kappa shape index (κ3) is 7.77. The van der Waals surface area contributed by atoms with Gasteiger partial charge in [0.2, 0.25) is 0 Å². The average Bonchev–Trinajstić information content (AvgIpc) is 3.06. The lowest BCUT2D eigenvalue weighted by molar-refractivity contribution is -0.118. The molecule has 0 bridgehead atoms. The highest BCUT2D eigenvalue weighted by atomic mass is 79.9. The number of halogens is 1. The summed E-state index contributed by atoms with van der Waals surface area (Å²) in [4.78, 5) is 31.5. The Labute approximate surface area is 288 Å². The number of carbonyl (C=O) groups is 1. The molecular formula is C38H39BrN4O5. The number of hydrogen-bond donors (Lipinski definition) is 1. The summed E-state index contributed by atoms with van der Waals surface area (Å²) in [7, 11) is 0. The molecule has 0 saturated heterocycles. The molecule has 0 fully saturated rings. The largest absolute Gasteiger partial charge is 0.494 e. The molecule has 0 spiro atoms. The molecule has 1 heterocycles. The molecule has 9 nitrogen and oxygen atoms in total. The molecule has 0 atom stereocenters. The van der Waals surface area contributed by atoms with Gasteiger partial charge in [0.1, 0.15) is 5.75 Å². The second-order valence-corrected chi connectivity index (χ2v) is 12.4. The minimum absolute atomic E-state index is 0.178. The summed E-state index contributed by atoms with van der Waals surface area (Å²) < 4.78 is 19.7. The van der Waals surface area contributed by atoms with Crippen LogP contribution < -0.4 is 25.1 Å². The lowest BCUT2D eigenvalue weighted by atomic mass is 9.96. The quantitative estimate of drug-likeness (QED) is 0.131. The molecule has 10 heteroatoms. The topological polar surface area (TPSA) is 104 Å². The first-order valence-electron chi connectivity index (χ1n) is 15.9. The standard InChI is InChI=1S/C38H39BrN4O5/c1-7-46-33-17-25(6)30(19-29(33)23(3)4)37-42-32-12-10-9-11-28(32)38(45)43(37)40-21-26-18-34(47-8-2)35(20-31(26)39)48-22-36(44)41-27-15-13-24(5)14-16-27/h9-21,23H,7-8,22H2,1-6H3,(H,41,44). The zero-order valence-corrected chi connectivity index (χ0v) is 29.6. The van der Waals surface area contributed by atoms with Crippen molar-refractivity contribution in [2.45, 2.75) is 47.5 Å². The number of para-hydroxylation sites is 1. The van der Waals surface area contributed by atoms with Crippen molar-refractivity contribution in [3.8, 4) is 28.6 Å². The summed E-state index contributed by atoms with van der Waals surface area (Å²) in [6.07, 6.45) is 1.58. The third-order valence-electron chi connectivity index (χ3n) is 7.64. The van der Waals surface area contributed by atoms with Gasteiger partial charge in [-0.05, 0) is 109 Å². The molecule has 0 aliphatic rings. The Kier molecular flexibility index (Phi) is 11.0. The lowest BCUT2D eigenvalue weighted by Gasteiger charge is -2.18. The third-order valence-corrected chi connectivity index (χ3v) is 8.33. The number of benzene rings is 4. The monoisotopic (exact) mass is 710 g/mol. The van der Waals surface area contributed by atoms with E-state index in [1.165, 1.54) is 4.68 Å². The first-order valence-corrected chi connectivity index (χ1v) is 16.7. The summed E-state index contributed by atoms with van der Waals surface area (Å²) in [5.41, 5.74) is 5.40. The van der Waals surface area contributed by atoms with Crippen LogP contribution in [0.15, 0.2) is 87.2 Å². The molecule has 0 saturated carbocycles. The highest BCUT2D eigenvalue weighted by Crippen LogP contribution is 2.35. The molecule has 0 aliphatic heterocycles. The molecule has 0 aliphatic carbocycles. The van der Waals surface area contributed by atoms with Crippen LogP contribution in [0.2, 0.25) is 0 Å². The van der Waals surface area contributed by atoms with E-state index >= 15 is 0 Å². The Hall–Kier alpha value is -4.96. The van der Waals surface area contributed by atoms with Gasteiger partial charge in [0, 0.05) is 21.3 Å². The number of ether oxygens (including phenoxy) is 3. The van der Waals surface area contributed by atoms with E-state index in [1.807, 2.05) is 82.3 Å². The Bertz CT molecular complexity index is 2040. The molecule has 1 amide bonds. The van der Waals surface area contributed by atoms with Gasteiger partial charge in [-0.15, -0.1) is 0 Å². The number of fused-ring (bicyclic) bond motifs is 1. The van der Waals surface area contributed by atoms with Gasteiger partial charge in [0.15, 0.2) is 23.9 Å². The highest BCUT2D eigenvalue weighted by Gasteiger charge is 2.19. The number of carbonyl (C=O) groups excluding carboxylic acids is 1. The van der Waals surface area contributed by atoms with E-state index in [0.717, 1.165) is 28.0 Å². The van der Waals surface area contributed by atoms with Crippen LogP contribution in [0, 0.1) is 13.8 Å². The van der Waals surface area contributed by atoms with Crippen LogP contribution in [-0.4, -0.2) is 41.6 Å². The zero-order chi connectivity index (χ0) is 34.4. The number of aromatic nitrogens is 2. The Morgan fingerprint density at radius 2 is 1.62 bits per heavy atom. The van der Waals surface area contributed by atoms with Gasteiger partial charge < -0.3 is 19.5 Å². The summed E-state index contributed by atoms with van der Waals surface area (Å²) in [5, 5.41) is 7.97. The van der Waals surface area contributed by atoms with Gasteiger partial charge in [0.05, 0.1) is 30.3 Å². The number of aryl methyl sites for hydroxylation is 2. The maximum absolute atomic E-state index is 13.9. The molecule has 1 aromatic heterocycles. The summed E-state index contributed by atoms with van der Waals surface area (Å²) in [5.74, 6) is 1.92. The van der Waals surface area contributed by atoms with Crippen molar-refractivity contribution in [1.82, 2.24) is 9.66 Å². The van der Waals surface area contributed by atoms with Gasteiger partial charge in [0.25, 0.3) is 11.5 Å². The first kappa shape index (κ1) is 34.4. The number of amides is 1. The maximum atomic E-state index is 13.9. The summed E-state index contributed by atoms with van der Waals surface area (Å²) in [6.45, 7) is 12.7. The summed E-state index contributed by atoms with van der Waals surface area (Å²) in [6, 6.07) is 22.3. The van der Waals surface area contributed by atoms with Crippen LogP contribution in [0.4, 0.5) is 5.69 Å². The van der Waals surface area contributed by atoms with Crippen molar-refractivity contribution >= 4 is 44.6 Å². The molecule has 5 aromatic rings. The van der Waals surface area contributed by atoms with Gasteiger partial charge >= 0.3 is 0 Å². The van der Waals surface area contributed by atoms with Gasteiger partial charge in [-0.25, -0.2) is 4.98 Å². The SMILES string of the molecule is CCOc1cc(C=Nn2c(-c3cc(C(C)C)c(OCC)cc3C)nc3ccccc3c2=O)c(Br)cc1OCC(=O)Nc1ccc(C)cc1. The predicted octanol–water partition coefficient (Wildman–Crippen LogP) is 8.26. The molecular weight excluding hydrogens is 672 g/mol. The minimum Gasteiger partial charge on any atom is -0.494 e. The highest BCUT2D eigenvalue weighted by molar-refractivity contribution is 9.10. The predicted molar refractivity (Wildman–Crippen MR) is 195 cm³/mol. The van der Waals surface area contributed by atoms with Crippen LogP contribution in [0.5, 0.6) is 17.2 Å². The van der Waals surface area contributed by atoms with Crippen molar-refractivity contribution in [1.29, 1.82) is 0 Å². The van der Waals surface area contributed by atoms with Crippen LogP contribution in [0.25, 0.3) is 22.3 Å².